The Balaban J connectivity index is 2.11. The van der Waals surface area contributed by atoms with Crippen LogP contribution in [0.1, 0.15) is 17.2 Å². The molecule has 0 radical (unpaired) electrons. The zero-order chi connectivity index (χ0) is 11.5. The largest absolute Gasteiger partial charge is 0.464 e. The van der Waals surface area contributed by atoms with Crippen LogP contribution in [0, 0.1) is 13.8 Å². The number of rotatable bonds is 3. The van der Waals surface area contributed by atoms with Crippen molar-refractivity contribution in [2.45, 2.75) is 20.4 Å². The van der Waals surface area contributed by atoms with Gasteiger partial charge in [-0.05, 0) is 38.1 Å². The third-order valence-electron chi connectivity index (χ3n) is 2.45. The van der Waals surface area contributed by atoms with Crippen molar-refractivity contribution < 1.29 is 4.42 Å². The maximum atomic E-state index is 5.54. The first-order valence-corrected chi connectivity index (χ1v) is 5.35. The molecule has 0 saturated heterocycles. The summed E-state index contributed by atoms with van der Waals surface area (Å²) >= 11 is 0. The summed E-state index contributed by atoms with van der Waals surface area (Å²) in [6, 6.07) is 9.99. The summed E-state index contributed by atoms with van der Waals surface area (Å²) in [4.78, 5) is 6.54. The summed E-state index contributed by atoms with van der Waals surface area (Å²) in [5.74, 6) is 2.87. The minimum absolute atomic E-state index is 0.740. The predicted octanol–water partition coefficient (Wildman–Crippen LogP) is 2.93. The summed E-state index contributed by atoms with van der Waals surface area (Å²) in [6.07, 6.45) is 0. The van der Waals surface area contributed by atoms with Crippen LogP contribution in [0.5, 0.6) is 0 Å². The van der Waals surface area contributed by atoms with Gasteiger partial charge in [-0.3, -0.25) is 0 Å². The normalized spacial score (nSPS) is 10.4. The highest BCUT2D eigenvalue weighted by molar-refractivity contribution is 5.38. The lowest BCUT2D eigenvalue weighted by Gasteiger charge is -2.16. The molecule has 0 aliphatic rings. The average molecular weight is 216 g/mol. The Kier molecular flexibility index (Phi) is 2.95. The van der Waals surface area contributed by atoms with Crippen LogP contribution in [0.4, 0.5) is 5.82 Å². The second-order valence-corrected chi connectivity index (χ2v) is 4.01. The van der Waals surface area contributed by atoms with Gasteiger partial charge in [0.2, 0.25) is 0 Å². The second kappa shape index (κ2) is 4.39. The molecule has 0 spiro atoms. The van der Waals surface area contributed by atoms with Crippen LogP contribution < -0.4 is 4.90 Å². The maximum Gasteiger partial charge on any atom is 0.128 e. The van der Waals surface area contributed by atoms with E-state index in [-0.39, 0.29) is 0 Å². The number of aryl methyl sites for hydroxylation is 2. The third kappa shape index (κ3) is 2.42. The van der Waals surface area contributed by atoms with Gasteiger partial charge in [0.1, 0.15) is 17.3 Å². The van der Waals surface area contributed by atoms with Crippen molar-refractivity contribution in [2.75, 3.05) is 11.9 Å². The van der Waals surface area contributed by atoms with Crippen LogP contribution in [-0.4, -0.2) is 12.0 Å². The van der Waals surface area contributed by atoms with Crippen molar-refractivity contribution in [1.82, 2.24) is 4.98 Å². The highest BCUT2D eigenvalue weighted by Gasteiger charge is 2.06. The van der Waals surface area contributed by atoms with Crippen molar-refractivity contribution in [1.29, 1.82) is 0 Å². The van der Waals surface area contributed by atoms with Crippen molar-refractivity contribution in [3.05, 3.63) is 47.5 Å². The zero-order valence-corrected chi connectivity index (χ0v) is 9.90. The van der Waals surface area contributed by atoms with Crippen LogP contribution in [-0.2, 0) is 6.54 Å². The Hall–Kier alpha value is -1.77. The fourth-order valence-corrected chi connectivity index (χ4v) is 1.63. The Morgan fingerprint density at radius 1 is 1.19 bits per heavy atom. The van der Waals surface area contributed by atoms with E-state index in [1.54, 1.807) is 0 Å². The van der Waals surface area contributed by atoms with Gasteiger partial charge in [0, 0.05) is 12.7 Å². The standard InChI is InChI=1S/C13H16N2O/c1-10-5-4-6-13(14-10)15(3)9-12-8-7-11(2)16-12/h4-8H,9H2,1-3H3. The number of pyridine rings is 1. The van der Waals surface area contributed by atoms with Gasteiger partial charge in [0.25, 0.3) is 0 Å². The van der Waals surface area contributed by atoms with E-state index < -0.39 is 0 Å². The van der Waals surface area contributed by atoms with Crippen molar-refractivity contribution in [3.63, 3.8) is 0 Å². The van der Waals surface area contributed by atoms with Gasteiger partial charge in [-0.15, -0.1) is 0 Å². The molecule has 0 aliphatic heterocycles. The van der Waals surface area contributed by atoms with E-state index in [1.165, 1.54) is 0 Å². The van der Waals surface area contributed by atoms with E-state index in [9.17, 15) is 0 Å². The first-order valence-electron chi connectivity index (χ1n) is 5.35. The summed E-state index contributed by atoms with van der Waals surface area (Å²) in [6.45, 7) is 4.69. The summed E-state index contributed by atoms with van der Waals surface area (Å²) in [7, 11) is 2.01. The molecule has 3 heteroatoms. The summed E-state index contributed by atoms with van der Waals surface area (Å²) in [5, 5.41) is 0. The minimum Gasteiger partial charge on any atom is -0.464 e. The van der Waals surface area contributed by atoms with Crippen molar-refractivity contribution in [2.24, 2.45) is 0 Å². The van der Waals surface area contributed by atoms with E-state index in [0.717, 1.165) is 29.6 Å². The fourth-order valence-electron chi connectivity index (χ4n) is 1.63. The molecule has 0 bridgehead atoms. The van der Waals surface area contributed by atoms with E-state index in [0.29, 0.717) is 0 Å². The first kappa shape index (κ1) is 10.7. The SMILES string of the molecule is Cc1cccc(N(C)Cc2ccc(C)o2)n1. The van der Waals surface area contributed by atoms with E-state index >= 15 is 0 Å². The van der Waals surface area contributed by atoms with Crippen LogP contribution in [0.15, 0.2) is 34.7 Å². The molecule has 0 saturated carbocycles. The highest BCUT2D eigenvalue weighted by Crippen LogP contribution is 2.14. The van der Waals surface area contributed by atoms with E-state index in [1.807, 2.05) is 51.2 Å². The molecule has 0 fully saturated rings. The Bertz CT molecular complexity index is 476. The van der Waals surface area contributed by atoms with Crippen LogP contribution in [0.2, 0.25) is 0 Å². The predicted molar refractivity (Wildman–Crippen MR) is 64.5 cm³/mol. The molecule has 0 amide bonds. The minimum atomic E-state index is 0.740. The maximum absolute atomic E-state index is 5.54. The number of furan rings is 1. The van der Waals surface area contributed by atoms with Crippen LogP contribution in [0.3, 0.4) is 0 Å². The molecule has 0 atom stereocenters. The van der Waals surface area contributed by atoms with Gasteiger partial charge in [0.05, 0.1) is 6.54 Å². The number of nitrogens with zero attached hydrogens (tertiary/aromatic N) is 2. The molecule has 0 aliphatic carbocycles. The van der Waals surface area contributed by atoms with Crippen LogP contribution in [0.25, 0.3) is 0 Å². The van der Waals surface area contributed by atoms with Crippen LogP contribution >= 0.6 is 0 Å². The van der Waals surface area contributed by atoms with E-state index in [4.69, 9.17) is 4.42 Å². The second-order valence-electron chi connectivity index (χ2n) is 4.01. The topological polar surface area (TPSA) is 29.3 Å². The smallest absolute Gasteiger partial charge is 0.128 e. The summed E-state index contributed by atoms with van der Waals surface area (Å²) < 4.78 is 5.54. The molecular formula is C13H16N2O. The van der Waals surface area contributed by atoms with Gasteiger partial charge in [0.15, 0.2) is 0 Å². The lowest BCUT2D eigenvalue weighted by molar-refractivity contribution is 0.481. The Labute approximate surface area is 95.7 Å². The first-order chi connectivity index (χ1) is 7.65. The quantitative estimate of drug-likeness (QED) is 0.790. The lowest BCUT2D eigenvalue weighted by Crippen LogP contribution is -2.17. The molecule has 2 heterocycles. The molecule has 3 nitrogen and oxygen atoms in total. The van der Waals surface area contributed by atoms with E-state index in [2.05, 4.69) is 9.88 Å². The monoisotopic (exact) mass is 216 g/mol. The summed E-state index contributed by atoms with van der Waals surface area (Å²) in [5.41, 5.74) is 1.03. The van der Waals surface area contributed by atoms with Gasteiger partial charge in [-0.1, -0.05) is 6.07 Å². The molecule has 0 aromatic carbocycles. The Morgan fingerprint density at radius 3 is 2.62 bits per heavy atom. The molecule has 0 unspecified atom stereocenters. The molecule has 2 aromatic heterocycles. The molecule has 0 N–H and O–H groups in total. The number of aromatic nitrogens is 1. The number of anilines is 1. The molecule has 2 rings (SSSR count). The molecule has 84 valence electrons. The van der Waals surface area contributed by atoms with Gasteiger partial charge in [-0.2, -0.15) is 0 Å². The molecule has 2 aromatic rings. The number of hydrogen-bond donors (Lipinski definition) is 0. The lowest BCUT2D eigenvalue weighted by atomic mass is 10.3. The fraction of sp³-hybridized carbons (Fsp3) is 0.308. The highest BCUT2D eigenvalue weighted by atomic mass is 16.3. The molecular weight excluding hydrogens is 200 g/mol. The average Bonchev–Trinajstić information content (AvgIpc) is 2.64. The molecule has 16 heavy (non-hydrogen) atoms. The van der Waals surface area contributed by atoms with Gasteiger partial charge in [-0.25, -0.2) is 4.98 Å². The van der Waals surface area contributed by atoms with Gasteiger partial charge >= 0.3 is 0 Å². The van der Waals surface area contributed by atoms with Crippen molar-refractivity contribution in [3.8, 4) is 0 Å². The third-order valence-corrected chi connectivity index (χ3v) is 2.45. The Morgan fingerprint density at radius 2 is 2.00 bits per heavy atom. The van der Waals surface area contributed by atoms with Gasteiger partial charge < -0.3 is 9.32 Å². The van der Waals surface area contributed by atoms with Crippen molar-refractivity contribution >= 4 is 5.82 Å². The zero-order valence-electron chi connectivity index (χ0n) is 9.90. The number of hydrogen-bond acceptors (Lipinski definition) is 3.